The molecule has 0 atom stereocenters. The van der Waals surface area contributed by atoms with E-state index >= 15 is 0 Å². The second-order valence-corrected chi connectivity index (χ2v) is 15.4. The standard InChI is InChI=1S/C48H31N3OS/c1-48(2)39-20-8-6-14-32(39)36-17-11-19-38(43(36)48)47-50-45(28-12-4-3-5-13-28)49-46(51-47)30-23-25-34-33-24-22-29(26-40(33)52-41(34)27-30)31-16-10-18-37-35-15-7-9-21-42(35)53-44(31)37/h3-27H,1-2H3. The smallest absolute Gasteiger partial charge is 0.164 e. The van der Waals surface area contributed by atoms with Crippen molar-refractivity contribution in [2.24, 2.45) is 0 Å². The Morgan fingerprint density at radius 2 is 1.06 bits per heavy atom. The first kappa shape index (κ1) is 30.2. The second kappa shape index (κ2) is 11.3. The lowest BCUT2D eigenvalue weighted by atomic mass is 9.80. The van der Waals surface area contributed by atoms with Crippen molar-refractivity contribution >= 4 is 53.4 Å². The molecule has 0 unspecified atom stereocenters. The highest BCUT2D eigenvalue weighted by atomic mass is 32.1. The lowest BCUT2D eigenvalue weighted by Crippen LogP contribution is -2.17. The van der Waals surface area contributed by atoms with Gasteiger partial charge in [-0.2, -0.15) is 0 Å². The minimum absolute atomic E-state index is 0.212. The van der Waals surface area contributed by atoms with Crippen LogP contribution in [0.25, 0.3) is 98.5 Å². The zero-order valence-electron chi connectivity index (χ0n) is 29.1. The van der Waals surface area contributed by atoms with Crippen LogP contribution in [-0.2, 0) is 5.41 Å². The Kier molecular flexibility index (Phi) is 6.43. The summed E-state index contributed by atoms with van der Waals surface area (Å²) in [6.07, 6.45) is 0. The molecule has 3 aromatic heterocycles. The maximum absolute atomic E-state index is 6.63. The Morgan fingerprint density at radius 1 is 0.453 bits per heavy atom. The lowest BCUT2D eigenvalue weighted by molar-refractivity contribution is 0.661. The third-order valence-corrected chi connectivity index (χ3v) is 12.2. The van der Waals surface area contributed by atoms with Crippen molar-refractivity contribution in [3.05, 3.63) is 163 Å². The van der Waals surface area contributed by atoms with E-state index < -0.39 is 0 Å². The first-order chi connectivity index (χ1) is 26.0. The van der Waals surface area contributed by atoms with Crippen LogP contribution in [0.1, 0.15) is 25.0 Å². The molecule has 4 nitrogen and oxygen atoms in total. The molecule has 0 amide bonds. The summed E-state index contributed by atoms with van der Waals surface area (Å²) in [7, 11) is 0. The summed E-state index contributed by atoms with van der Waals surface area (Å²) in [6.45, 7) is 4.59. The normalized spacial score (nSPS) is 13.2. The van der Waals surface area contributed by atoms with Crippen LogP contribution in [0.3, 0.4) is 0 Å². The molecule has 7 aromatic carbocycles. The third kappa shape index (κ3) is 4.57. The van der Waals surface area contributed by atoms with Crippen LogP contribution in [0.5, 0.6) is 0 Å². The summed E-state index contributed by atoms with van der Waals surface area (Å²) < 4.78 is 9.23. The predicted molar refractivity (Wildman–Crippen MR) is 219 cm³/mol. The number of furan rings is 1. The number of rotatable bonds is 4. The van der Waals surface area contributed by atoms with Crippen LogP contribution in [0.4, 0.5) is 0 Å². The molecule has 0 fully saturated rings. The van der Waals surface area contributed by atoms with Crippen LogP contribution < -0.4 is 0 Å². The average Bonchev–Trinajstić information content (AvgIpc) is 3.85. The van der Waals surface area contributed by atoms with Crippen molar-refractivity contribution in [2.75, 3.05) is 0 Å². The number of nitrogens with zero attached hydrogens (tertiary/aromatic N) is 3. The highest BCUT2D eigenvalue weighted by Crippen LogP contribution is 2.52. The van der Waals surface area contributed by atoms with Crippen LogP contribution in [0.2, 0.25) is 0 Å². The fourth-order valence-corrected chi connectivity index (χ4v) is 9.67. The summed E-state index contributed by atoms with van der Waals surface area (Å²) in [6, 6.07) is 53.5. The van der Waals surface area contributed by atoms with Gasteiger partial charge in [0.1, 0.15) is 11.2 Å². The third-order valence-electron chi connectivity index (χ3n) is 10.9. The highest BCUT2D eigenvalue weighted by molar-refractivity contribution is 7.26. The minimum atomic E-state index is -0.212. The van der Waals surface area contributed by atoms with E-state index in [0.29, 0.717) is 17.5 Å². The molecule has 0 saturated heterocycles. The molecule has 0 radical (unpaired) electrons. The largest absolute Gasteiger partial charge is 0.456 e. The molecule has 10 aromatic rings. The molecular formula is C48H31N3OS. The Hall–Kier alpha value is -6.43. The highest BCUT2D eigenvalue weighted by Gasteiger charge is 2.38. The quantitative estimate of drug-likeness (QED) is 0.184. The van der Waals surface area contributed by atoms with E-state index in [-0.39, 0.29) is 5.41 Å². The van der Waals surface area contributed by atoms with Crippen molar-refractivity contribution < 1.29 is 4.42 Å². The number of hydrogen-bond acceptors (Lipinski definition) is 5. The first-order valence-corrected chi connectivity index (χ1v) is 18.8. The Labute approximate surface area is 310 Å². The molecule has 5 heteroatoms. The van der Waals surface area contributed by atoms with Crippen molar-refractivity contribution in [1.82, 2.24) is 15.0 Å². The van der Waals surface area contributed by atoms with Crippen LogP contribution in [0, 0.1) is 0 Å². The number of fused-ring (bicyclic) bond motifs is 9. The average molecular weight is 698 g/mol. The van der Waals surface area contributed by atoms with Crippen molar-refractivity contribution in [2.45, 2.75) is 19.3 Å². The molecular weight excluding hydrogens is 667 g/mol. The van der Waals surface area contributed by atoms with Gasteiger partial charge < -0.3 is 4.42 Å². The summed E-state index contributed by atoms with van der Waals surface area (Å²) >= 11 is 1.85. The van der Waals surface area contributed by atoms with E-state index in [1.807, 2.05) is 29.5 Å². The Bertz CT molecular complexity index is 3100. The van der Waals surface area contributed by atoms with Gasteiger partial charge in [0.15, 0.2) is 17.5 Å². The van der Waals surface area contributed by atoms with Crippen LogP contribution in [-0.4, -0.2) is 15.0 Å². The van der Waals surface area contributed by atoms with Gasteiger partial charge in [0.05, 0.1) is 0 Å². The second-order valence-electron chi connectivity index (χ2n) is 14.4. The molecule has 53 heavy (non-hydrogen) atoms. The van der Waals surface area contributed by atoms with Gasteiger partial charge in [-0.25, -0.2) is 15.0 Å². The molecule has 0 aliphatic heterocycles. The topological polar surface area (TPSA) is 51.8 Å². The summed E-state index contributed by atoms with van der Waals surface area (Å²) in [4.78, 5) is 15.4. The fourth-order valence-electron chi connectivity index (χ4n) is 8.43. The predicted octanol–water partition coefficient (Wildman–Crippen LogP) is 13.1. The Morgan fingerprint density at radius 3 is 1.91 bits per heavy atom. The number of thiophene rings is 1. The van der Waals surface area contributed by atoms with Crippen molar-refractivity contribution in [1.29, 1.82) is 0 Å². The van der Waals surface area contributed by atoms with E-state index in [2.05, 4.69) is 147 Å². The minimum Gasteiger partial charge on any atom is -0.456 e. The van der Waals surface area contributed by atoms with Gasteiger partial charge >= 0.3 is 0 Å². The van der Waals surface area contributed by atoms with Gasteiger partial charge in [-0.3, -0.25) is 0 Å². The lowest BCUT2D eigenvalue weighted by Gasteiger charge is -2.24. The summed E-state index contributed by atoms with van der Waals surface area (Å²) in [5, 5.41) is 4.74. The van der Waals surface area contributed by atoms with Crippen molar-refractivity contribution in [3.63, 3.8) is 0 Å². The number of hydrogen-bond donors (Lipinski definition) is 0. The summed E-state index contributed by atoms with van der Waals surface area (Å²) in [5.41, 5.74) is 11.7. The van der Waals surface area contributed by atoms with E-state index in [4.69, 9.17) is 19.4 Å². The number of benzene rings is 7. The van der Waals surface area contributed by atoms with Gasteiger partial charge in [0, 0.05) is 53.1 Å². The molecule has 0 spiro atoms. The number of aromatic nitrogens is 3. The molecule has 1 aliphatic rings. The molecule has 250 valence electrons. The SMILES string of the molecule is CC1(C)c2ccccc2-c2cccc(-c3nc(-c4ccccc4)nc(-c4ccc5c(c4)oc4cc(-c6cccc7c6sc6ccccc67)ccc45)n3)c21. The van der Waals surface area contributed by atoms with Gasteiger partial charge in [-0.15, -0.1) is 11.3 Å². The zero-order valence-corrected chi connectivity index (χ0v) is 29.9. The van der Waals surface area contributed by atoms with E-state index in [0.717, 1.165) is 44.2 Å². The molecule has 3 heterocycles. The maximum Gasteiger partial charge on any atom is 0.164 e. The van der Waals surface area contributed by atoms with Gasteiger partial charge in [0.25, 0.3) is 0 Å². The monoisotopic (exact) mass is 697 g/mol. The summed E-state index contributed by atoms with van der Waals surface area (Å²) in [5.74, 6) is 1.91. The molecule has 11 rings (SSSR count). The van der Waals surface area contributed by atoms with Gasteiger partial charge in [-0.05, 0) is 63.7 Å². The zero-order chi connectivity index (χ0) is 35.3. The van der Waals surface area contributed by atoms with Crippen LogP contribution in [0.15, 0.2) is 156 Å². The maximum atomic E-state index is 6.63. The van der Waals surface area contributed by atoms with Crippen LogP contribution >= 0.6 is 11.3 Å². The molecule has 0 saturated carbocycles. The van der Waals surface area contributed by atoms with Crippen molar-refractivity contribution in [3.8, 4) is 56.4 Å². The van der Waals surface area contributed by atoms with Gasteiger partial charge in [-0.1, -0.05) is 135 Å². The molecule has 1 aliphatic carbocycles. The molecule has 0 N–H and O–H groups in total. The Balaban J connectivity index is 1.06. The first-order valence-electron chi connectivity index (χ1n) is 17.9. The van der Waals surface area contributed by atoms with E-state index in [1.54, 1.807) is 0 Å². The molecule has 0 bridgehead atoms. The fraction of sp³-hybridized carbons (Fsp3) is 0.0625. The van der Waals surface area contributed by atoms with E-state index in [9.17, 15) is 0 Å². The van der Waals surface area contributed by atoms with Gasteiger partial charge in [0.2, 0.25) is 0 Å². The van der Waals surface area contributed by atoms with E-state index in [1.165, 1.54) is 48.0 Å².